The van der Waals surface area contributed by atoms with E-state index in [1.54, 1.807) is 18.0 Å². The summed E-state index contributed by atoms with van der Waals surface area (Å²) in [5.41, 5.74) is 0.692. The van der Waals surface area contributed by atoms with Crippen LogP contribution < -0.4 is 0 Å². The Morgan fingerprint density at radius 2 is 2.00 bits per heavy atom. The minimum Gasteiger partial charge on any atom is -0.468 e. The molecule has 0 aliphatic heterocycles. The van der Waals surface area contributed by atoms with Crippen molar-refractivity contribution in [1.29, 1.82) is 5.26 Å². The Balaban J connectivity index is 1.97. The van der Waals surface area contributed by atoms with E-state index in [0.717, 1.165) is 16.4 Å². The van der Waals surface area contributed by atoms with E-state index in [4.69, 9.17) is 9.68 Å². The molecule has 0 atom stereocenters. The molecule has 2 nitrogen and oxygen atoms in total. The molecule has 15 heavy (non-hydrogen) atoms. The quantitative estimate of drug-likeness (QED) is 0.736. The van der Waals surface area contributed by atoms with Gasteiger partial charge in [-0.1, -0.05) is 0 Å². The molecule has 2 rings (SSSR count). The van der Waals surface area contributed by atoms with Crippen LogP contribution in [0.2, 0.25) is 0 Å². The minimum atomic E-state index is 0.692. The van der Waals surface area contributed by atoms with Gasteiger partial charge in [0.05, 0.1) is 23.6 Å². The second-order valence-corrected chi connectivity index (χ2v) is 4.05. The molecule has 0 saturated heterocycles. The van der Waals surface area contributed by atoms with Crippen molar-refractivity contribution in [2.45, 2.75) is 10.6 Å². The standard InChI is InChI=1S/C12H9NOS/c13-8-10-3-5-12(6-4-10)15-9-11-2-1-7-14-11/h1-7H,9H2. The van der Waals surface area contributed by atoms with Crippen LogP contribution in [0, 0.1) is 11.3 Å². The summed E-state index contributed by atoms with van der Waals surface area (Å²) in [7, 11) is 0. The lowest BCUT2D eigenvalue weighted by molar-refractivity contribution is 0.530. The molecule has 0 spiro atoms. The van der Waals surface area contributed by atoms with E-state index in [9.17, 15) is 0 Å². The van der Waals surface area contributed by atoms with Gasteiger partial charge >= 0.3 is 0 Å². The molecule has 0 fully saturated rings. The monoisotopic (exact) mass is 215 g/mol. The number of hydrogen-bond donors (Lipinski definition) is 0. The SMILES string of the molecule is N#Cc1ccc(SCc2ccco2)cc1. The summed E-state index contributed by atoms with van der Waals surface area (Å²) < 4.78 is 5.23. The predicted octanol–water partition coefficient (Wildman–Crippen LogP) is 3.44. The fourth-order valence-corrected chi connectivity index (χ4v) is 1.98. The van der Waals surface area contributed by atoms with E-state index < -0.39 is 0 Å². The van der Waals surface area contributed by atoms with Crippen LogP contribution in [0.4, 0.5) is 0 Å². The molecule has 1 aromatic carbocycles. The molecule has 0 unspecified atom stereocenters. The Hall–Kier alpha value is -1.66. The predicted molar refractivity (Wildman–Crippen MR) is 59.4 cm³/mol. The highest BCUT2D eigenvalue weighted by Gasteiger charge is 1.98. The van der Waals surface area contributed by atoms with Crippen LogP contribution in [0.25, 0.3) is 0 Å². The number of furan rings is 1. The van der Waals surface area contributed by atoms with Gasteiger partial charge in [-0.2, -0.15) is 5.26 Å². The second kappa shape index (κ2) is 4.72. The minimum absolute atomic E-state index is 0.692. The van der Waals surface area contributed by atoms with Crippen LogP contribution in [0.15, 0.2) is 52.0 Å². The molecule has 0 N–H and O–H groups in total. The van der Waals surface area contributed by atoms with Crippen LogP contribution in [-0.2, 0) is 5.75 Å². The van der Waals surface area contributed by atoms with E-state index in [2.05, 4.69) is 6.07 Å². The molecular formula is C12H9NOS. The fourth-order valence-electron chi connectivity index (χ4n) is 1.17. The van der Waals surface area contributed by atoms with Crippen molar-refractivity contribution in [3.05, 3.63) is 54.0 Å². The van der Waals surface area contributed by atoms with E-state index in [1.807, 2.05) is 36.4 Å². The first-order valence-corrected chi connectivity index (χ1v) is 5.52. The van der Waals surface area contributed by atoms with Gasteiger partial charge in [-0.15, -0.1) is 11.8 Å². The molecule has 1 aromatic heterocycles. The normalized spacial score (nSPS) is 9.80. The molecule has 74 valence electrons. The summed E-state index contributed by atoms with van der Waals surface area (Å²) in [5, 5.41) is 8.64. The van der Waals surface area contributed by atoms with E-state index in [-0.39, 0.29) is 0 Å². The van der Waals surface area contributed by atoms with E-state index in [0.29, 0.717) is 5.56 Å². The number of benzene rings is 1. The Bertz CT molecular complexity index is 453. The summed E-state index contributed by atoms with van der Waals surface area (Å²) in [6.07, 6.45) is 1.68. The van der Waals surface area contributed by atoms with Crippen molar-refractivity contribution in [1.82, 2.24) is 0 Å². The van der Waals surface area contributed by atoms with Gasteiger partial charge < -0.3 is 4.42 Å². The summed E-state index contributed by atoms with van der Waals surface area (Å²) >= 11 is 1.69. The van der Waals surface area contributed by atoms with Crippen molar-refractivity contribution in [3.63, 3.8) is 0 Å². The Morgan fingerprint density at radius 1 is 1.20 bits per heavy atom. The van der Waals surface area contributed by atoms with E-state index >= 15 is 0 Å². The van der Waals surface area contributed by atoms with E-state index in [1.165, 1.54) is 0 Å². The van der Waals surface area contributed by atoms with Gasteiger partial charge in [0, 0.05) is 4.90 Å². The zero-order chi connectivity index (χ0) is 10.5. The van der Waals surface area contributed by atoms with Crippen LogP contribution in [0.3, 0.4) is 0 Å². The number of rotatable bonds is 3. The van der Waals surface area contributed by atoms with Crippen molar-refractivity contribution in [2.75, 3.05) is 0 Å². The lowest BCUT2D eigenvalue weighted by atomic mass is 10.2. The third kappa shape index (κ3) is 2.64. The second-order valence-electron chi connectivity index (χ2n) is 3.00. The first kappa shape index (κ1) is 9.88. The molecule has 1 heterocycles. The zero-order valence-corrected chi connectivity index (χ0v) is 8.83. The number of nitrogens with zero attached hydrogens (tertiary/aromatic N) is 1. The topological polar surface area (TPSA) is 36.9 Å². The lowest BCUT2D eigenvalue weighted by Crippen LogP contribution is -1.77. The summed E-state index contributed by atoms with van der Waals surface area (Å²) in [4.78, 5) is 1.14. The Labute approximate surface area is 92.5 Å². The maximum Gasteiger partial charge on any atom is 0.113 e. The smallest absolute Gasteiger partial charge is 0.113 e. The molecule has 2 aromatic rings. The molecule has 0 radical (unpaired) electrons. The van der Waals surface area contributed by atoms with Gasteiger partial charge in [-0.3, -0.25) is 0 Å². The number of thioether (sulfide) groups is 1. The molecule has 0 bridgehead atoms. The highest BCUT2D eigenvalue weighted by atomic mass is 32.2. The molecular weight excluding hydrogens is 206 g/mol. The molecule has 0 aliphatic carbocycles. The summed E-state index contributed by atoms with van der Waals surface area (Å²) in [5.74, 6) is 1.78. The molecule has 0 amide bonds. The first-order chi connectivity index (χ1) is 7.38. The van der Waals surface area contributed by atoms with Gasteiger partial charge in [0.15, 0.2) is 0 Å². The van der Waals surface area contributed by atoms with Crippen molar-refractivity contribution in [2.24, 2.45) is 0 Å². The number of hydrogen-bond acceptors (Lipinski definition) is 3. The third-order valence-electron chi connectivity index (χ3n) is 1.94. The highest BCUT2D eigenvalue weighted by Crippen LogP contribution is 2.22. The van der Waals surface area contributed by atoms with Crippen LogP contribution >= 0.6 is 11.8 Å². The van der Waals surface area contributed by atoms with Gasteiger partial charge in [-0.25, -0.2) is 0 Å². The van der Waals surface area contributed by atoms with Gasteiger partial charge in [0.25, 0.3) is 0 Å². The van der Waals surface area contributed by atoms with Gasteiger partial charge in [-0.05, 0) is 36.4 Å². The van der Waals surface area contributed by atoms with Crippen molar-refractivity contribution < 1.29 is 4.42 Å². The van der Waals surface area contributed by atoms with Crippen LogP contribution in [-0.4, -0.2) is 0 Å². The van der Waals surface area contributed by atoms with Gasteiger partial charge in [0.2, 0.25) is 0 Å². The maximum absolute atomic E-state index is 8.64. The molecule has 3 heteroatoms. The largest absolute Gasteiger partial charge is 0.468 e. The Morgan fingerprint density at radius 3 is 2.60 bits per heavy atom. The average Bonchev–Trinajstić information content (AvgIpc) is 2.80. The molecule has 0 aliphatic rings. The van der Waals surface area contributed by atoms with Gasteiger partial charge in [0.1, 0.15) is 5.76 Å². The summed E-state index contributed by atoms with van der Waals surface area (Å²) in [6.45, 7) is 0. The number of nitriles is 1. The van der Waals surface area contributed by atoms with Crippen LogP contribution in [0.1, 0.15) is 11.3 Å². The third-order valence-corrected chi connectivity index (χ3v) is 2.98. The fraction of sp³-hybridized carbons (Fsp3) is 0.0833. The Kier molecular flexibility index (Phi) is 3.11. The van der Waals surface area contributed by atoms with Crippen molar-refractivity contribution >= 4 is 11.8 Å². The first-order valence-electron chi connectivity index (χ1n) is 4.54. The zero-order valence-electron chi connectivity index (χ0n) is 8.01. The average molecular weight is 215 g/mol. The lowest BCUT2D eigenvalue weighted by Gasteiger charge is -1.98. The molecule has 0 saturated carbocycles. The maximum atomic E-state index is 8.64. The van der Waals surface area contributed by atoms with Crippen LogP contribution in [0.5, 0.6) is 0 Å². The van der Waals surface area contributed by atoms with Crippen molar-refractivity contribution in [3.8, 4) is 6.07 Å². The highest BCUT2D eigenvalue weighted by molar-refractivity contribution is 7.98. The summed E-state index contributed by atoms with van der Waals surface area (Å²) in [6, 6.07) is 13.5.